The van der Waals surface area contributed by atoms with Crippen molar-refractivity contribution in [1.29, 1.82) is 0 Å². The van der Waals surface area contributed by atoms with Gasteiger partial charge in [-0.15, -0.1) is 0 Å². The maximum absolute atomic E-state index is 4.32. The summed E-state index contributed by atoms with van der Waals surface area (Å²) >= 11 is 0. The molecule has 0 saturated carbocycles. The smallest absolute Gasteiger partial charge is 0.213 e. The summed E-state index contributed by atoms with van der Waals surface area (Å²) in [6.07, 6.45) is 5.58. The summed E-state index contributed by atoms with van der Waals surface area (Å²) < 4.78 is 2.12. The average Bonchev–Trinajstić information content (AvgIpc) is 2.49. The van der Waals surface area contributed by atoms with E-state index in [0.29, 0.717) is 0 Å². The van der Waals surface area contributed by atoms with E-state index in [9.17, 15) is 0 Å². The lowest BCUT2D eigenvalue weighted by Gasteiger charge is -2.05. The normalized spacial score (nSPS) is 10.5. The summed E-state index contributed by atoms with van der Waals surface area (Å²) in [7, 11) is 2.05. The van der Waals surface area contributed by atoms with Gasteiger partial charge in [0.05, 0.1) is 0 Å². The Morgan fingerprint density at radius 2 is 1.70 bits per heavy atom. The van der Waals surface area contributed by atoms with Crippen molar-refractivity contribution in [1.82, 2.24) is 9.97 Å². The molecule has 0 aliphatic carbocycles. The molecule has 0 aliphatic heterocycles. The van der Waals surface area contributed by atoms with Crippen molar-refractivity contribution >= 4 is 0 Å². The third-order valence-corrected chi connectivity index (χ3v) is 3.39. The zero-order valence-corrected chi connectivity index (χ0v) is 11.6. The van der Waals surface area contributed by atoms with Crippen LogP contribution in [0.4, 0.5) is 0 Å². The van der Waals surface area contributed by atoms with Crippen LogP contribution in [0.15, 0.2) is 61.1 Å². The molecule has 20 heavy (non-hydrogen) atoms. The van der Waals surface area contributed by atoms with E-state index < -0.39 is 0 Å². The standard InChI is InChI=1S/C17H16N3/c1-13-6-3-4-7-15(13)16-12-14(8-11-20(16)2)17-18-9-5-10-19-17/h3-12H,1-2H3/q+1. The van der Waals surface area contributed by atoms with Gasteiger partial charge < -0.3 is 0 Å². The Labute approximate surface area is 118 Å². The van der Waals surface area contributed by atoms with Gasteiger partial charge in [0, 0.05) is 35.7 Å². The summed E-state index contributed by atoms with van der Waals surface area (Å²) in [6, 6.07) is 14.4. The van der Waals surface area contributed by atoms with E-state index in [-0.39, 0.29) is 0 Å². The minimum absolute atomic E-state index is 0.753. The van der Waals surface area contributed by atoms with E-state index in [2.05, 4.69) is 58.8 Å². The molecule has 0 radical (unpaired) electrons. The molecule has 98 valence electrons. The van der Waals surface area contributed by atoms with Crippen LogP contribution in [0.2, 0.25) is 0 Å². The molecule has 1 aromatic carbocycles. The molecule has 0 unspecified atom stereocenters. The second kappa shape index (κ2) is 5.21. The third-order valence-electron chi connectivity index (χ3n) is 3.39. The van der Waals surface area contributed by atoms with Crippen molar-refractivity contribution in [3.05, 3.63) is 66.6 Å². The van der Waals surface area contributed by atoms with Crippen LogP contribution in [0.25, 0.3) is 22.6 Å². The van der Waals surface area contributed by atoms with Gasteiger partial charge in [0.15, 0.2) is 12.0 Å². The molecule has 3 rings (SSSR count). The van der Waals surface area contributed by atoms with E-state index >= 15 is 0 Å². The molecule has 3 nitrogen and oxygen atoms in total. The molecule has 0 N–H and O–H groups in total. The number of aromatic nitrogens is 3. The van der Waals surface area contributed by atoms with Crippen LogP contribution in [-0.4, -0.2) is 9.97 Å². The van der Waals surface area contributed by atoms with Gasteiger partial charge in [0.25, 0.3) is 0 Å². The predicted octanol–water partition coefficient (Wildman–Crippen LogP) is 2.94. The monoisotopic (exact) mass is 262 g/mol. The van der Waals surface area contributed by atoms with Crippen molar-refractivity contribution in [2.75, 3.05) is 0 Å². The lowest BCUT2D eigenvalue weighted by molar-refractivity contribution is -0.660. The predicted molar refractivity (Wildman–Crippen MR) is 78.8 cm³/mol. The van der Waals surface area contributed by atoms with Crippen LogP contribution in [0.5, 0.6) is 0 Å². The molecule has 0 atom stereocenters. The van der Waals surface area contributed by atoms with Crippen LogP contribution >= 0.6 is 0 Å². The molecule has 0 aliphatic rings. The highest BCUT2D eigenvalue weighted by Gasteiger charge is 2.14. The topological polar surface area (TPSA) is 29.7 Å². The minimum atomic E-state index is 0.753. The highest BCUT2D eigenvalue weighted by Crippen LogP contribution is 2.23. The highest BCUT2D eigenvalue weighted by molar-refractivity contribution is 5.66. The van der Waals surface area contributed by atoms with Gasteiger partial charge in [-0.25, -0.2) is 14.5 Å². The first-order valence-corrected chi connectivity index (χ1v) is 6.59. The van der Waals surface area contributed by atoms with Gasteiger partial charge in [0.1, 0.15) is 7.05 Å². The fourth-order valence-electron chi connectivity index (χ4n) is 2.28. The molecule has 2 aromatic heterocycles. The summed E-state index contributed by atoms with van der Waals surface area (Å²) in [4.78, 5) is 8.63. The molecule has 0 amide bonds. The van der Waals surface area contributed by atoms with E-state index in [4.69, 9.17) is 0 Å². The van der Waals surface area contributed by atoms with Crippen molar-refractivity contribution in [2.45, 2.75) is 6.92 Å². The number of hydrogen-bond donors (Lipinski definition) is 0. The first kappa shape index (κ1) is 12.5. The zero-order chi connectivity index (χ0) is 13.9. The van der Waals surface area contributed by atoms with Gasteiger partial charge in [-0.1, -0.05) is 18.2 Å². The molecule has 0 fully saturated rings. The number of rotatable bonds is 2. The fourth-order valence-corrected chi connectivity index (χ4v) is 2.28. The Hall–Kier alpha value is -2.55. The van der Waals surface area contributed by atoms with Gasteiger partial charge in [-0.2, -0.15) is 0 Å². The second-order valence-electron chi connectivity index (χ2n) is 4.80. The number of aryl methyl sites for hydroxylation is 2. The molecule has 0 spiro atoms. The van der Waals surface area contributed by atoms with Gasteiger partial charge >= 0.3 is 0 Å². The Balaban J connectivity index is 2.15. The van der Waals surface area contributed by atoms with Crippen LogP contribution in [0, 0.1) is 6.92 Å². The lowest BCUT2D eigenvalue weighted by Crippen LogP contribution is -2.30. The van der Waals surface area contributed by atoms with E-state index in [0.717, 1.165) is 17.1 Å². The van der Waals surface area contributed by atoms with Crippen molar-refractivity contribution in [3.63, 3.8) is 0 Å². The van der Waals surface area contributed by atoms with E-state index in [1.807, 2.05) is 18.3 Å². The minimum Gasteiger partial charge on any atom is -0.237 e. The summed E-state index contributed by atoms with van der Waals surface area (Å²) in [5.41, 5.74) is 4.68. The van der Waals surface area contributed by atoms with Gasteiger partial charge in [-0.3, -0.25) is 0 Å². The van der Waals surface area contributed by atoms with Crippen molar-refractivity contribution < 1.29 is 4.57 Å². The first-order valence-electron chi connectivity index (χ1n) is 6.59. The summed E-state index contributed by atoms with van der Waals surface area (Å²) in [5.74, 6) is 0.753. The Morgan fingerprint density at radius 3 is 2.45 bits per heavy atom. The average molecular weight is 262 g/mol. The third kappa shape index (κ3) is 2.30. The molecule has 3 heteroatoms. The van der Waals surface area contributed by atoms with Gasteiger partial charge in [-0.05, 0) is 24.6 Å². The largest absolute Gasteiger partial charge is 0.237 e. The Morgan fingerprint density at radius 1 is 0.950 bits per heavy atom. The first-order chi connectivity index (χ1) is 9.75. The van der Waals surface area contributed by atoms with Gasteiger partial charge in [0.2, 0.25) is 5.69 Å². The Bertz CT molecular complexity index is 736. The van der Waals surface area contributed by atoms with Crippen LogP contribution in [0.3, 0.4) is 0 Å². The summed E-state index contributed by atoms with van der Waals surface area (Å²) in [5, 5.41) is 0. The van der Waals surface area contributed by atoms with Crippen LogP contribution < -0.4 is 4.57 Å². The van der Waals surface area contributed by atoms with Crippen molar-refractivity contribution in [3.8, 4) is 22.6 Å². The number of hydrogen-bond acceptors (Lipinski definition) is 2. The van der Waals surface area contributed by atoms with Crippen LogP contribution in [-0.2, 0) is 7.05 Å². The van der Waals surface area contributed by atoms with Crippen LogP contribution in [0.1, 0.15) is 5.56 Å². The SMILES string of the molecule is Cc1ccccc1-c1cc(-c2ncccn2)cc[n+]1C. The number of benzene rings is 1. The zero-order valence-electron chi connectivity index (χ0n) is 11.6. The molecule has 3 aromatic rings. The van der Waals surface area contributed by atoms with Crippen molar-refractivity contribution in [2.24, 2.45) is 7.05 Å². The lowest BCUT2D eigenvalue weighted by atomic mass is 10.0. The maximum Gasteiger partial charge on any atom is 0.213 e. The van der Waals surface area contributed by atoms with E-state index in [1.165, 1.54) is 11.1 Å². The molecular weight excluding hydrogens is 246 g/mol. The summed E-state index contributed by atoms with van der Waals surface area (Å²) in [6.45, 7) is 2.13. The van der Waals surface area contributed by atoms with E-state index in [1.54, 1.807) is 12.4 Å². The number of pyridine rings is 1. The quantitative estimate of drug-likeness (QED) is 0.665. The highest BCUT2D eigenvalue weighted by atomic mass is 14.9. The maximum atomic E-state index is 4.32. The number of nitrogens with zero attached hydrogens (tertiary/aromatic N) is 3. The molecular formula is C17H16N3+. The second-order valence-corrected chi connectivity index (χ2v) is 4.80. The fraction of sp³-hybridized carbons (Fsp3) is 0.118. The Kier molecular flexibility index (Phi) is 3.25. The molecule has 0 bridgehead atoms. The molecule has 0 saturated heterocycles. The molecule has 2 heterocycles.